The van der Waals surface area contributed by atoms with Gasteiger partial charge < -0.3 is 5.11 Å². The summed E-state index contributed by atoms with van der Waals surface area (Å²) in [5, 5.41) is 8.61. The molecule has 1 aliphatic rings. The molecule has 0 unspecified atom stereocenters. The zero-order chi connectivity index (χ0) is 10.1. The van der Waals surface area contributed by atoms with Gasteiger partial charge in [0.25, 0.3) is 0 Å². The van der Waals surface area contributed by atoms with Gasteiger partial charge in [-0.2, -0.15) is 11.8 Å². The van der Waals surface area contributed by atoms with Crippen LogP contribution in [0.5, 0.6) is 0 Å². The Balaban J connectivity index is 1.82. The van der Waals surface area contributed by atoms with Gasteiger partial charge in [-0.3, -0.25) is 0 Å². The Hall–Kier alpha value is 0.310. The fourth-order valence-corrected chi connectivity index (χ4v) is 3.02. The first-order valence-corrected chi connectivity index (χ1v) is 7.27. The first-order valence-electron chi connectivity index (χ1n) is 6.12. The standard InChI is InChI=1S/C12H24OS/c13-9-11-14-10-5-4-8-12-6-2-1-3-7-12/h12-13H,1-11H2. The van der Waals surface area contributed by atoms with Crippen LogP contribution in [0, 0.1) is 5.92 Å². The lowest BCUT2D eigenvalue weighted by Crippen LogP contribution is -2.05. The van der Waals surface area contributed by atoms with Crippen LogP contribution in [0.3, 0.4) is 0 Å². The van der Waals surface area contributed by atoms with E-state index in [1.54, 1.807) is 0 Å². The molecule has 2 heteroatoms. The Bertz CT molecular complexity index is 121. The quantitative estimate of drug-likeness (QED) is 0.658. The maximum absolute atomic E-state index is 8.61. The number of unbranched alkanes of at least 4 members (excludes halogenated alkanes) is 1. The number of hydrogen-bond acceptors (Lipinski definition) is 2. The minimum absolute atomic E-state index is 0.341. The zero-order valence-corrected chi connectivity index (χ0v) is 10.0. The molecule has 1 rings (SSSR count). The molecule has 0 bridgehead atoms. The summed E-state index contributed by atoms with van der Waals surface area (Å²) < 4.78 is 0. The summed E-state index contributed by atoms with van der Waals surface area (Å²) in [7, 11) is 0. The molecule has 84 valence electrons. The maximum Gasteiger partial charge on any atom is 0.0521 e. The largest absolute Gasteiger partial charge is 0.396 e. The Morgan fingerprint density at radius 2 is 1.79 bits per heavy atom. The second kappa shape index (κ2) is 8.60. The number of thioether (sulfide) groups is 1. The van der Waals surface area contributed by atoms with Gasteiger partial charge in [0.1, 0.15) is 0 Å². The Morgan fingerprint density at radius 1 is 1.00 bits per heavy atom. The highest BCUT2D eigenvalue weighted by Crippen LogP contribution is 2.27. The Labute approximate surface area is 92.7 Å². The molecule has 1 saturated carbocycles. The van der Waals surface area contributed by atoms with Crippen molar-refractivity contribution in [3.63, 3.8) is 0 Å². The van der Waals surface area contributed by atoms with E-state index in [9.17, 15) is 0 Å². The van der Waals surface area contributed by atoms with Crippen molar-refractivity contribution in [3.8, 4) is 0 Å². The van der Waals surface area contributed by atoms with Crippen molar-refractivity contribution in [2.45, 2.75) is 51.4 Å². The van der Waals surface area contributed by atoms with Crippen molar-refractivity contribution in [3.05, 3.63) is 0 Å². The summed E-state index contributed by atoms with van der Waals surface area (Å²) in [4.78, 5) is 0. The van der Waals surface area contributed by atoms with Crippen molar-refractivity contribution in [1.29, 1.82) is 0 Å². The molecule has 0 aromatic heterocycles. The third-order valence-corrected chi connectivity index (χ3v) is 4.16. The molecule has 0 spiro atoms. The van der Waals surface area contributed by atoms with Crippen LogP contribution in [0.4, 0.5) is 0 Å². The van der Waals surface area contributed by atoms with E-state index in [2.05, 4.69) is 0 Å². The molecular formula is C12H24OS. The number of rotatable bonds is 7. The monoisotopic (exact) mass is 216 g/mol. The van der Waals surface area contributed by atoms with Crippen LogP contribution in [0.2, 0.25) is 0 Å². The number of hydrogen-bond donors (Lipinski definition) is 1. The molecule has 14 heavy (non-hydrogen) atoms. The molecule has 1 nitrogen and oxygen atoms in total. The summed E-state index contributed by atoms with van der Waals surface area (Å²) in [6.45, 7) is 0.341. The SMILES string of the molecule is OCCSCCCCC1CCCCC1. The van der Waals surface area contributed by atoms with Crippen LogP contribution in [-0.4, -0.2) is 23.2 Å². The first kappa shape index (κ1) is 12.4. The van der Waals surface area contributed by atoms with Gasteiger partial charge in [-0.15, -0.1) is 0 Å². The number of aliphatic hydroxyl groups is 1. The molecule has 0 heterocycles. The maximum atomic E-state index is 8.61. The molecule has 0 atom stereocenters. The summed E-state index contributed by atoms with van der Waals surface area (Å²) in [5.74, 6) is 3.21. The predicted molar refractivity (Wildman–Crippen MR) is 64.8 cm³/mol. The third-order valence-electron chi connectivity index (χ3n) is 3.11. The second-order valence-electron chi connectivity index (χ2n) is 4.34. The van der Waals surface area contributed by atoms with Gasteiger partial charge in [-0.1, -0.05) is 44.9 Å². The van der Waals surface area contributed by atoms with Gasteiger partial charge in [0.05, 0.1) is 6.61 Å². The number of aliphatic hydroxyl groups excluding tert-OH is 1. The molecule has 1 fully saturated rings. The minimum atomic E-state index is 0.341. The molecule has 0 aliphatic heterocycles. The molecule has 0 aromatic rings. The van der Waals surface area contributed by atoms with Crippen LogP contribution in [0.1, 0.15) is 51.4 Å². The van der Waals surface area contributed by atoms with E-state index < -0.39 is 0 Å². The van der Waals surface area contributed by atoms with E-state index >= 15 is 0 Å². The van der Waals surface area contributed by atoms with E-state index in [0.717, 1.165) is 11.7 Å². The predicted octanol–water partition coefficient (Wildman–Crippen LogP) is 3.46. The fraction of sp³-hybridized carbons (Fsp3) is 1.00. The van der Waals surface area contributed by atoms with Gasteiger partial charge >= 0.3 is 0 Å². The lowest BCUT2D eigenvalue weighted by molar-refractivity contribution is 0.322. The molecule has 0 aromatic carbocycles. The minimum Gasteiger partial charge on any atom is -0.396 e. The average molecular weight is 216 g/mol. The highest BCUT2D eigenvalue weighted by Gasteiger charge is 2.12. The molecular weight excluding hydrogens is 192 g/mol. The van der Waals surface area contributed by atoms with Gasteiger partial charge in [0, 0.05) is 5.75 Å². The van der Waals surface area contributed by atoms with E-state index in [0.29, 0.717) is 6.61 Å². The molecule has 0 saturated heterocycles. The smallest absolute Gasteiger partial charge is 0.0521 e. The highest BCUT2D eigenvalue weighted by molar-refractivity contribution is 7.99. The first-order chi connectivity index (χ1) is 6.93. The summed E-state index contributed by atoms with van der Waals surface area (Å²) in [6, 6.07) is 0. The molecule has 1 N–H and O–H groups in total. The molecule has 1 aliphatic carbocycles. The van der Waals surface area contributed by atoms with Crippen molar-refractivity contribution >= 4 is 11.8 Å². The van der Waals surface area contributed by atoms with Crippen LogP contribution >= 0.6 is 11.8 Å². The van der Waals surface area contributed by atoms with Gasteiger partial charge in [-0.05, 0) is 18.1 Å². The highest BCUT2D eigenvalue weighted by atomic mass is 32.2. The van der Waals surface area contributed by atoms with Crippen molar-refractivity contribution < 1.29 is 5.11 Å². The lowest BCUT2D eigenvalue weighted by Gasteiger charge is -2.21. The van der Waals surface area contributed by atoms with E-state index in [4.69, 9.17) is 5.11 Å². The third kappa shape index (κ3) is 5.92. The van der Waals surface area contributed by atoms with Crippen molar-refractivity contribution in [1.82, 2.24) is 0 Å². The average Bonchev–Trinajstić information content (AvgIpc) is 2.25. The van der Waals surface area contributed by atoms with E-state index in [1.807, 2.05) is 11.8 Å². The van der Waals surface area contributed by atoms with Gasteiger partial charge in [-0.25, -0.2) is 0 Å². The van der Waals surface area contributed by atoms with E-state index in [-0.39, 0.29) is 0 Å². The zero-order valence-electron chi connectivity index (χ0n) is 9.21. The Morgan fingerprint density at radius 3 is 2.50 bits per heavy atom. The van der Waals surface area contributed by atoms with Crippen LogP contribution in [-0.2, 0) is 0 Å². The lowest BCUT2D eigenvalue weighted by atomic mass is 9.86. The van der Waals surface area contributed by atoms with Gasteiger partial charge in [0.2, 0.25) is 0 Å². The van der Waals surface area contributed by atoms with Crippen LogP contribution in [0.15, 0.2) is 0 Å². The van der Waals surface area contributed by atoms with Crippen molar-refractivity contribution in [2.24, 2.45) is 5.92 Å². The summed E-state index contributed by atoms with van der Waals surface area (Å²) >= 11 is 1.89. The van der Waals surface area contributed by atoms with E-state index in [1.165, 1.54) is 57.1 Å². The summed E-state index contributed by atoms with van der Waals surface area (Å²) in [5.41, 5.74) is 0. The van der Waals surface area contributed by atoms with Crippen molar-refractivity contribution in [2.75, 3.05) is 18.1 Å². The molecule has 0 radical (unpaired) electrons. The van der Waals surface area contributed by atoms with Crippen LogP contribution in [0.25, 0.3) is 0 Å². The second-order valence-corrected chi connectivity index (χ2v) is 5.56. The fourth-order valence-electron chi connectivity index (χ4n) is 2.28. The topological polar surface area (TPSA) is 20.2 Å². The normalized spacial score (nSPS) is 18.6. The molecule has 0 amide bonds. The van der Waals surface area contributed by atoms with Crippen LogP contribution < -0.4 is 0 Å². The van der Waals surface area contributed by atoms with Gasteiger partial charge in [0.15, 0.2) is 0 Å². The Kier molecular flexibility index (Phi) is 7.61. The summed E-state index contributed by atoms with van der Waals surface area (Å²) in [6.07, 6.45) is 11.6.